The van der Waals surface area contributed by atoms with Crippen LogP contribution in [0.25, 0.3) is 21.3 Å². The summed E-state index contributed by atoms with van der Waals surface area (Å²) in [5.41, 5.74) is 1.33. The number of hydrogen-bond donors (Lipinski definition) is 1. The molecule has 0 saturated carbocycles. The van der Waals surface area contributed by atoms with E-state index in [9.17, 15) is 9.59 Å². The minimum absolute atomic E-state index is 0.207. The third-order valence-corrected chi connectivity index (χ3v) is 5.23. The maximum atomic E-state index is 12.9. The number of nitrogens with zero attached hydrogens (tertiary/aromatic N) is 2. The van der Waals surface area contributed by atoms with E-state index in [0.717, 1.165) is 24.2 Å². The van der Waals surface area contributed by atoms with Gasteiger partial charge in [0.25, 0.3) is 5.56 Å². The van der Waals surface area contributed by atoms with Gasteiger partial charge in [0.2, 0.25) is 0 Å². The van der Waals surface area contributed by atoms with Crippen LogP contribution in [0.1, 0.15) is 13.8 Å². The second-order valence-corrected chi connectivity index (χ2v) is 6.51. The molecule has 2 heterocycles. The van der Waals surface area contributed by atoms with E-state index in [1.165, 1.54) is 15.9 Å². The molecule has 1 aromatic carbocycles. The molecule has 126 valence electrons. The van der Waals surface area contributed by atoms with Gasteiger partial charge in [0.1, 0.15) is 4.83 Å². The molecule has 0 atom stereocenters. The Labute approximate surface area is 144 Å². The van der Waals surface area contributed by atoms with Crippen LogP contribution in [-0.2, 0) is 6.54 Å². The summed E-state index contributed by atoms with van der Waals surface area (Å²) in [6, 6.07) is 9.80. The van der Waals surface area contributed by atoms with E-state index in [-0.39, 0.29) is 11.2 Å². The zero-order chi connectivity index (χ0) is 17.1. The van der Waals surface area contributed by atoms with Crippen LogP contribution >= 0.6 is 11.3 Å². The molecule has 0 saturated heterocycles. The average molecular weight is 343 g/mol. The number of aromatic nitrogens is 2. The monoisotopic (exact) mass is 343 g/mol. The van der Waals surface area contributed by atoms with Crippen molar-refractivity contribution in [3.05, 3.63) is 56.5 Å². The lowest BCUT2D eigenvalue weighted by atomic mass is 10.1. The molecule has 0 spiro atoms. The number of benzene rings is 1. The van der Waals surface area contributed by atoms with Crippen molar-refractivity contribution in [2.75, 3.05) is 19.6 Å². The highest BCUT2D eigenvalue weighted by Gasteiger charge is 2.15. The molecule has 0 radical (unpaired) electrons. The van der Waals surface area contributed by atoms with E-state index in [1.807, 2.05) is 35.7 Å². The molecule has 0 aliphatic carbocycles. The Bertz CT molecular complexity index is 936. The first-order chi connectivity index (χ1) is 11.7. The number of likely N-dealkylation sites (N-methyl/N-ethyl adjacent to an activating group) is 1. The molecule has 1 N–H and O–H groups in total. The molecule has 0 bridgehead atoms. The molecule has 2 aromatic heterocycles. The Morgan fingerprint density at radius 2 is 1.83 bits per heavy atom. The van der Waals surface area contributed by atoms with Crippen molar-refractivity contribution in [1.82, 2.24) is 14.5 Å². The molecule has 3 aromatic rings. The van der Waals surface area contributed by atoms with Gasteiger partial charge in [-0.2, -0.15) is 0 Å². The quantitative estimate of drug-likeness (QED) is 0.749. The normalized spacial score (nSPS) is 11.5. The largest absolute Gasteiger partial charge is 0.329 e. The second-order valence-electron chi connectivity index (χ2n) is 5.63. The lowest BCUT2D eigenvalue weighted by molar-refractivity contribution is 0.287. The van der Waals surface area contributed by atoms with Gasteiger partial charge in [-0.05, 0) is 18.7 Å². The summed E-state index contributed by atoms with van der Waals surface area (Å²) in [6.45, 7) is 7.04. The van der Waals surface area contributed by atoms with E-state index < -0.39 is 0 Å². The SMILES string of the molecule is CCN(CC)CCn1c(=O)[nH]c2scc(-c3ccccc3)c2c1=O. The van der Waals surface area contributed by atoms with E-state index in [2.05, 4.69) is 23.7 Å². The number of H-pyrrole nitrogens is 1. The first-order valence-electron chi connectivity index (χ1n) is 8.17. The third kappa shape index (κ3) is 3.07. The zero-order valence-electron chi connectivity index (χ0n) is 13.9. The molecule has 6 heteroatoms. The Balaban J connectivity index is 2.08. The van der Waals surface area contributed by atoms with Gasteiger partial charge in [0.05, 0.1) is 5.39 Å². The summed E-state index contributed by atoms with van der Waals surface area (Å²) in [6.07, 6.45) is 0. The van der Waals surface area contributed by atoms with Crippen molar-refractivity contribution in [3.63, 3.8) is 0 Å². The number of aromatic amines is 1. The maximum Gasteiger partial charge on any atom is 0.329 e. The number of fused-ring (bicyclic) bond motifs is 1. The summed E-state index contributed by atoms with van der Waals surface area (Å²) >= 11 is 1.40. The summed E-state index contributed by atoms with van der Waals surface area (Å²) in [5, 5.41) is 2.54. The van der Waals surface area contributed by atoms with E-state index >= 15 is 0 Å². The van der Waals surface area contributed by atoms with Gasteiger partial charge in [-0.25, -0.2) is 4.79 Å². The van der Waals surface area contributed by atoms with Crippen LogP contribution in [0.2, 0.25) is 0 Å². The number of thiophene rings is 1. The van der Waals surface area contributed by atoms with Crippen LogP contribution in [-0.4, -0.2) is 34.1 Å². The maximum absolute atomic E-state index is 12.9. The van der Waals surface area contributed by atoms with Crippen molar-refractivity contribution in [2.45, 2.75) is 20.4 Å². The lowest BCUT2D eigenvalue weighted by Crippen LogP contribution is -2.39. The number of nitrogens with one attached hydrogen (secondary N) is 1. The minimum Gasteiger partial charge on any atom is -0.302 e. The Morgan fingerprint density at radius 3 is 2.50 bits per heavy atom. The Kier molecular flexibility index (Phi) is 4.97. The van der Waals surface area contributed by atoms with Gasteiger partial charge >= 0.3 is 5.69 Å². The first-order valence-corrected chi connectivity index (χ1v) is 9.05. The summed E-state index contributed by atoms with van der Waals surface area (Å²) in [4.78, 5) is 30.9. The molecule has 0 aliphatic heterocycles. The summed E-state index contributed by atoms with van der Waals surface area (Å²) in [5.74, 6) is 0. The Morgan fingerprint density at radius 1 is 1.12 bits per heavy atom. The molecule has 0 amide bonds. The van der Waals surface area contributed by atoms with E-state index in [1.54, 1.807) is 0 Å². The van der Waals surface area contributed by atoms with Gasteiger partial charge in [-0.15, -0.1) is 11.3 Å². The van der Waals surface area contributed by atoms with Crippen molar-refractivity contribution in [2.24, 2.45) is 0 Å². The van der Waals surface area contributed by atoms with Crippen LogP contribution in [0.4, 0.5) is 0 Å². The van der Waals surface area contributed by atoms with Crippen LogP contribution in [0.15, 0.2) is 45.3 Å². The fraction of sp³-hybridized carbons (Fsp3) is 0.333. The predicted octanol–water partition coefficient (Wildman–Crippen LogP) is 2.76. The average Bonchev–Trinajstić information content (AvgIpc) is 3.02. The standard InChI is InChI=1S/C18H21N3O2S/c1-3-20(4-2)10-11-21-17(22)15-14(13-8-6-5-7-9-13)12-24-16(15)19-18(21)23/h5-9,12H,3-4,10-11H2,1-2H3,(H,19,23). The van der Waals surface area contributed by atoms with Gasteiger partial charge < -0.3 is 4.90 Å². The van der Waals surface area contributed by atoms with Crippen LogP contribution in [0, 0.1) is 0 Å². The molecule has 3 rings (SSSR count). The highest BCUT2D eigenvalue weighted by Crippen LogP contribution is 2.29. The molecular weight excluding hydrogens is 322 g/mol. The van der Waals surface area contributed by atoms with Crippen molar-refractivity contribution < 1.29 is 0 Å². The van der Waals surface area contributed by atoms with Crippen LogP contribution in [0.5, 0.6) is 0 Å². The molecular formula is C18H21N3O2S. The van der Waals surface area contributed by atoms with Crippen molar-refractivity contribution in [3.8, 4) is 11.1 Å². The van der Waals surface area contributed by atoms with Gasteiger partial charge in [-0.3, -0.25) is 14.3 Å². The summed E-state index contributed by atoms with van der Waals surface area (Å²) < 4.78 is 1.32. The van der Waals surface area contributed by atoms with Crippen LogP contribution in [0.3, 0.4) is 0 Å². The first kappa shape index (κ1) is 16.7. The number of hydrogen-bond acceptors (Lipinski definition) is 4. The minimum atomic E-state index is -0.332. The van der Waals surface area contributed by atoms with Gasteiger partial charge in [0, 0.05) is 24.0 Å². The molecule has 0 fully saturated rings. The fourth-order valence-corrected chi connectivity index (χ4v) is 3.82. The highest BCUT2D eigenvalue weighted by molar-refractivity contribution is 7.17. The van der Waals surface area contributed by atoms with Crippen molar-refractivity contribution in [1.29, 1.82) is 0 Å². The lowest BCUT2D eigenvalue weighted by Gasteiger charge is -2.18. The molecule has 0 unspecified atom stereocenters. The molecule has 24 heavy (non-hydrogen) atoms. The van der Waals surface area contributed by atoms with Gasteiger partial charge in [-0.1, -0.05) is 44.2 Å². The third-order valence-electron chi connectivity index (χ3n) is 4.33. The van der Waals surface area contributed by atoms with E-state index in [4.69, 9.17) is 0 Å². The molecule has 5 nitrogen and oxygen atoms in total. The number of rotatable bonds is 6. The highest BCUT2D eigenvalue weighted by atomic mass is 32.1. The zero-order valence-corrected chi connectivity index (χ0v) is 14.7. The topological polar surface area (TPSA) is 58.1 Å². The molecule has 0 aliphatic rings. The summed E-state index contributed by atoms with van der Waals surface area (Å²) in [7, 11) is 0. The van der Waals surface area contributed by atoms with Crippen LogP contribution < -0.4 is 11.2 Å². The Hall–Kier alpha value is -2.18. The van der Waals surface area contributed by atoms with Crippen molar-refractivity contribution >= 4 is 21.6 Å². The predicted molar refractivity (Wildman–Crippen MR) is 99.9 cm³/mol. The van der Waals surface area contributed by atoms with E-state index in [0.29, 0.717) is 23.3 Å². The smallest absolute Gasteiger partial charge is 0.302 e. The van der Waals surface area contributed by atoms with Gasteiger partial charge in [0.15, 0.2) is 0 Å². The fourth-order valence-electron chi connectivity index (χ4n) is 2.87. The second kappa shape index (κ2) is 7.15.